The fourth-order valence-corrected chi connectivity index (χ4v) is 4.14. The third kappa shape index (κ3) is 3.96. The fraction of sp³-hybridized carbons (Fsp3) is 0.185. The van der Waals surface area contributed by atoms with Gasteiger partial charge in [-0.2, -0.15) is 0 Å². The molecule has 0 spiro atoms. The monoisotopic (exact) mass is 459 g/mol. The number of amides is 1. The van der Waals surface area contributed by atoms with Crippen LogP contribution in [0.15, 0.2) is 78.4 Å². The molecule has 4 rings (SSSR count). The maximum atomic E-state index is 13.3. The summed E-state index contributed by atoms with van der Waals surface area (Å²) in [6.07, 6.45) is 0. The van der Waals surface area contributed by atoms with Gasteiger partial charge < -0.3 is 19.3 Å². The predicted octanol–water partition coefficient (Wildman–Crippen LogP) is 4.73. The van der Waals surface area contributed by atoms with Gasteiger partial charge in [0.25, 0.3) is 11.7 Å². The summed E-state index contributed by atoms with van der Waals surface area (Å²) in [7, 11) is 2.91. The highest BCUT2D eigenvalue weighted by Crippen LogP contribution is 2.45. The van der Waals surface area contributed by atoms with Crippen molar-refractivity contribution >= 4 is 23.1 Å². The summed E-state index contributed by atoms with van der Waals surface area (Å²) in [6.45, 7) is 2.39. The molecule has 3 aromatic carbocycles. The molecule has 3 aromatic rings. The number of anilines is 1. The summed E-state index contributed by atoms with van der Waals surface area (Å²) in [5, 5.41) is 11.4. The zero-order valence-corrected chi connectivity index (χ0v) is 19.1. The fourth-order valence-electron chi connectivity index (χ4n) is 4.14. The number of ketones is 1. The van der Waals surface area contributed by atoms with E-state index in [1.807, 2.05) is 37.3 Å². The molecule has 1 unspecified atom stereocenters. The quantitative estimate of drug-likeness (QED) is 0.312. The Kier molecular flexibility index (Phi) is 6.54. The normalized spacial score (nSPS) is 17.0. The van der Waals surface area contributed by atoms with Crippen LogP contribution in [0.4, 0.5) is 5.69 Å². The van der Waals surface area contributed by atoms with E-state index in [0.717, 1.165) is 0 Å². The Labute approximate surface area is 197 Å². The molecule has 1 aliphatic rings. The summed E-state index contributed by atoms with van der Waals surface area (Å²) in [4.78, 5) is 28.0. The molecule has 1 aliphatic heterocycles. The zero-order chi connectivity index (χ0) is 24.2. The first kappa shape index (κ1) is 22.9. The summed E-state index contributed by atoms with van der Waals surface area (Å²) >= 11 is 0. The van der Waals surface area contributed by atoms with Crippen LogP contribution < -0.4 is 19.1 Å². The van der Waals surface area contributed by atoms with Crippen LogP contribution in [0.3, 0.4) is 0 Å². The summed E-state index contributed by atoms with van der Waals surface area (Å²) in [5.41, 5.74) is 1.34. The Morgan fingerprint density at radius 2 is 1.50 bits per heavy atom. The van der Waals surface area contributed by atoms with Crippen molar-refractivity contribution in [3.8, 4) is 17.2 Å². The second-order valence-electron chi connectivity index (χ2n) is 7.54. The molecule has 0 aliphatic carbocycles. The molecule has 1 amide bonds. The van der Waals surface area contributed by atoms with Crippen molar-refractivity contribution in [2.24, 2.45) is 0 Å². The van der Waals surface area contributed by atoms with E-state index in [1.54, 1.807) is 42.5 Å². The van der Waals surface area contributed by atoms with E-state index in [-0.39, 0.29) is 16.9 Å². The number of hydrogen-bond donors (Lipinski definition) is 1. The second kappa shape index (κ2) is 9.70. The molecular formula is C27H25NO6. The predicted molar refractivity (Wildman–Crippen MR) is 128 cm³/mol. The van der Waals surface area contributed by atoms with Crippen molar-refractivity contribution in [3.63, 3.8) is 0 Å². The lowest BCUT2D eigenvalue weighted by molar-refractivity contribution is -0.132. The minimum atomic E-state index is -0.853. The number of carbonyl (C=O) groups excluding carboxylic acids is 2. The Morgan fingerprint density at radius 3 is 2.06 bits per heavy atom. The van der Waals surface area contributed by atoms with Gasteiger partial charge >= 0.3 is 0 Å². The number of Topliss-reactive ketones (excluding diaryl/α,β-unsaturated/α-hetero) is 1. The van der Waals surface area contributed by atoms with E-state index in [1.165, 1.54) is 19.1 Å². The van der Waals surface area contributed by atoms with Gasteiger partial charge in [0, 0.05) is 5.69 Å². The lowest BCUT2D eigenvalue weighted by atomic mass is 9.94. The van der Waals surface area contributed by atoms with Gasteiger partial charge in [-0.05, 0) is 48.9 Å². The molecule has 7 heteroatoms. The van der Waals surface area contributed by atoms with Gasteiger partial charge in [-0.15, -0.1) is 0 Å². The molecule has 0 bridgehead atoms. The first-order valence-corrected chi connectivity index (χ1v) is 10.8. The van der Waals surface area contributed by atoms with Crippen LogP contribution in [0, 0.1) is 0 Å². The number of nitrogens with zero attached hydrogens (tertiary/aromatic N) is 1. The van der Waals surface area contributed by atoms with Crippen LogP contribution in [0.2, 0.25) is 0 Å². The number of carbonyl (C=O) groups is 2. The van der Waals surface area contributed by atoms with E-state index < -0.39 is 17.7 Å². The van der Waals surface area contributed by atoms with E-state index in [2.05, 4.69) is 0 Å². The number of hydrogen-bond acceptors (Lipinski definition) is 6. The molecule has 0 radical (unpaired) electrons. The van der Waals surface area contributed by atoms with Gasteiger partial charge in [0.15, 0.2) is 0 Å². The molecule has 0 saturated carbocycles. The minimum absolute atomic E-state index is 0.0483. The van der Waals surface area contributed by atoms with Crippen molar-refractivity contribution in [1.82, 2.24) is 0 Å². The van der Waals surface area contributed by atoms with Gasteiger partial charge in [-0.25, -0.2) is 0 Å². The van der Waals surface area contributed by atoms with Gasteiger partial charge in [0.1, 0.15) is 28.6 Å². The van der Waals surface area contributed by atoms with Gasteiger partial charge in [-0.3, -0.25) is 14.5 Å². The van der Waals surface area contributed by atoms with Crippen LogP contribution in [-0.2, 0) is 9.59 Å². The standard InChI is InChI=1S/C27H25NO6/c1-4-34-19-15-13-18(14-16-19)28-24(17-9-6-5-7-10-17)23(26(30)27(28)31)25(29)22-20(32-2)11-8-12-21(22)33-3/h5-16,24,29H,4H2,1-3H3/b25-23+. The average molecular weight is 459 g/mol. The third-order valence-corrected chi connectivity index (χ3v) is 5.65. The van der Waals surface area contributed by atoms with E-state index >= 15 is 0 Å². The van der Waals surface area contributed by atoms with Crippen molar-refractivity contribution in [3.05, 3.63) is 89.5 Å². The number of aliphatic hydroxyl groups excluding tert-OH is 1. The van der Waals surface area contributed by atoms with Crippen LogP contribution in [0.5, 0.6) is 17.2 Å². The Hall–Kier alpha value is -4.26. The van der Waals surface area contributed by atoms with Gasteiger partial charge in [0.2, 0.25) is 0 Å². The molecule has 1 N–H and O–H groups in total. The first-order chi connectivity index (χ1) is 16.5. The Bertz CT molecular complexity index is 1210. The summed E-state index contributed by atoms with van der Waals surface area (Å²) in [5.74, 6) is -0.624. The number of ether oxygens (including phenoxy) is 3. The molecule has 0 aromatic heterocycles. The molecule has 1 fully saturated rings. The van der Waals surface area contributed by atoms with Crippen LogP contribution >= 0.6 is 0 Å². The van der Waals surface area contributed by atoms with Crippen LogP contribution in [0.1, 0.15) is 24.1 Å². The highest BCUT2D eigenvalue weighted by molar-refractivity contribution is 6.51. The van der Waals surface area contributed by atoms with Crippen LogP contribution in [0.25, 0.3) is 5.76 Å². The van der Waals surface area contributed by atoms with E-state index in [0.29, 0.717) is 35.1 Å². The number of methoxy groups -OCH3 is 2. The van der Waals surface area contributed by atoms with Crippen molar-refractivity contribution in [2.45, 2.75) is 13.0 Å². The molecule has 34 heavy (non-hydrogen) atoms. The molecule has 174 valence electrons. The van der Waals surface area contributed by atoms with Crippen LogP contribution in [-0.4, -0.2) is 37.6 Å². The number of benzene rings is 3. The molecule has 1 heterocycles. The van der Waals surface area contributed by atoms with Gasteiger partial charge in [-0.1, -0.05) is 36.4 Å². The molecule has 1 atom stereocenters. The topological polar surface area (TPSA) is 85.3 Å². The average Bonchev–Trinajstić information content (AvgIpc) is 3.14. The lowest BCUT2D eigenvalue weighted by Gasteiger charge is -2.26. The highest BCUT2D eigenvalue weighted by Gasteiger charge is 2.47. The van der Waals surface area contributed by atoms with Crippen molar-refractivity contribution in [1.29, 1.82) is 0 Å². The smallest absolute Gasteiger partial charge is 0.300 e. The van der Waals surface area contributed by atoms with E-state index in [4.69, 9.17) is 14.2 Å². The lowest BCUT2D eigenvalue weighted by Crippen LogP contribution is -2.29. The van der Waals surface area contributed by atoms with Gasteiger partial charge in [0.05, 0.1) is 32.4 Å². The summed E-state index contributed by atoms with van der Waals surface area (Å²) < 4.78 is 16.3. The maximum Gasteiger partial charge on any atom is 0.300 e. The SMILES string of the molecule is CCOc1ccc(N2C(=O)C(=O)/C(=C(/O)c3c(OC)cccc3OC)C2c2ccccc2)cc1. The zero-order valence-electron chi connectivity index (χ0n) is 19.1. The summed E-state index contributed by atoms with van der Waals surface area (Å²) in [6, 6.07) is 20.2. The molecule has 1 saturated heterocycles. The molecular weight excluding hydrogens is 434 g/mol. The highest BCUT2D eigenvalue weighted by atomic mass is 16.5. The Morgan fingerprint density at radius 1 is 0.882 bits per heavy atom. The molecule has 7 nitrogen and oxygen atoms in total. The van der Waals surface area contributed by atoms with Crippen molar-refractivity contribution in [2.75, 3.05) is 25.7 Å². The minimum Gasteiger partial charge on any atom is -0.506 e. The number of aliphatic hydroxyl groups is 1. The third-order valence-electron chi connectivity index (χ3n) is 5.65. The maximum absolute atomic E-state index is 13.3. The van der Waals surface area contributed by atoms with Crippen molar-refractivity contribution < 1.29 is 28.9 Å². The largest absolute Gasteiger partial charge is 0.506 e. The Balaban J connectivity index is 1.94. The first-order valence-electron chi connectivity index (χ1n) is 10.8. The van der Waals surface area contributed by atoms with E-state index in [9.17, 15) is 14.7 Å². The number of rotatable bonds is 7. The second-order valence-corrected chi connectivity index (χ2v) is 7.54.